The molecule has 0 aliphatic carbocycles. The van der Waals surface area contributed by atoms with Crippen LogP contribution in [0.5, 0.6) is 0 Å². The fraction of sp³-hybridized carbons (Fsp3) is 0.364. The second-order valence-electron chi connectivity index (χ2n) is 7.11. The highest BCUT2D eigenvalue weighted by Gasteiger charge is 2.18. The van der Waals surface area contributed by atoms with Crippen molar-refractivity contribution in [3.05, 3.63) is 61.7 Å². The van der Waals surface area contributed by atoms with Crippen LogP contribution in [0.2, 0.25) is 0 Å². The lowest BCUT2D eigenvalue weighted by atomic mass is 10.0. The summed E-state index contributed by atoms with van der Waals surface area (Å²) in [5, 5.41) is 4.47. The van der Waals surface area contributed by atoms with Gasteiger partial charge in [0.1, 0.15) is 0 Å². The lowest BCUT2D eigenvalue weighted by Gasteiger charge is -2.11. The summed E-state index contributed by atoms with van der Waals surface area (Å²) in [5.41, 5.74) is 4.38. The van der Waals surface area contributed by atoms with Crippen molar-refractivity contribution in [1.29, 1.82) is 0 Å². The summed E-state index contributed by atoms with van der Waals surface area (Å²) < 4.78 is 9.68. The summed E-state index contributed by atoms with van der Waals surface area (Å²) in [5.74, 6) is 0.709. The van der Waals surface area contributed by atoms with Gasteiger partial charge in [0.15, 0.2) is 0 Å². The van der Waals surface area contributed by atoms with Crippen LogP contribution in [0.25, 0.3) is 22.5 Å². The van der Waals surface area contributed by atoms with E-state index < -0.39 is 0 Å². The SMILES string of the molecule is C=CCn1cc(-c2c(-c3ccccc3)ncn2CCCC2CCOC2)cn1. The molecule has 1 fully saturated rings. The normalized spacial score (nSPS) is 16.7. The molecule has 1 saturated heterocycles. The van der Waals surface area contributed by atoms with Gasteiger partial charge in [-0.25, -0.2) is 4.98 Å². The molecule has 5 nitrogen and oxygen atoms in total. The molecular formula is C22H26N4O. The van der Waals surface area contributed by atoms with E-state index in [9.17, 15) is 0 Å². The minimum absolute atomic E-state index is 0.705. The molecule has 27 heavy (non-hydrogen) atoms. The first kappa shape index (κ1) is 17.7. The van der Waals surface area contributed by atoms with Crippen molar-refractivity contribution in [1.82, 2.24) is 19.3 Å². The third-order valence-electron chi connectivity index (χ3n) is 5.14. The summed E-state index contributed by atoms with van der Waals surface area (Å²) in [7, 11) is 0. The van der Waals surface area contributed by atoms with Crippen LogP contribution in [-0.2, 0) is 17.8 Å². The lowest BCUT2D eigenvalue weighted by molar-refractivity contribution is 0.183. The van der Waals surface area contributed by atoms with Gasteiger partial charge < -0.3 is 9.30 Å². The van der Waals surface area contributed by atoms with Gasteiger partial charge in [0, 0.05) is 37.1 Å². The molecule has 0 spiro atoms. The molecule has 0 amide bonds. The summed E-state index contributed by atoms with van der Waals surface area (Å²) >= 11 is 0. The predicted molar refractivity (Wildman–Crippen MR) is 107 cm³/mol. The maximum atomic E-state index is 5.50. The molecule has 0 saturated carbocycles. The Hall–Kier alpha value is -2.66. The van der Waals surface area contributed by atoms with Gasteiger partial charge in [-0.1, -0.05) is 36.4 Å². The molecular weight excluding hydrogens is 336 g/mol. The van der Waals surface area contributed by atoms with Crippen LogP contribution in [0.15, 0.2) is 61.7 Å². The first-order chi connectivity index (χ1) is 13.3. The van der Waals surface area contributed by atoms with Gasteiger partial charge in [-0.2, -0.15) is 5.10 Å². The zero-order valence-electron chi connectivity index (χ0n) is 15.6. The largest absolute Gasteiger partial charge is 0.381 e. The highest BCUT2D eigenvalue weighted by Crippen LogP contribution is 2.31. The molecule has 0 bridgehead atoms. The van der Waals surface area contributed by atoms with Crippen LogP contribution in [0.1, 0.15) is 19.3 Å². The number of ether oxygens (including phenoxy) is 1. The molecule has 3 aromatic rings. The van der Waals surface area contributed by atoms with Gasteiger partial charge >= 0.3 is 0 Å². The average molecular weight is 362 g/mol. The van der Waals surface area contributed by atoms with Crippen LogP contribution in [0.4, 0.5) is 0 Å². The second kappa shape index (κ2) is 8.35. The van der Waals surface area contributed by atoms with E-state index in [2.05, 4.69) is 46.7 Å². The summed E-state index contributed by atoms with van der Waals surface area (Å²) in [6.07, 6.45) is 11.4. The van der Waals surface area contributed by atoms with E-state index in [0.717, 1.165) is 48.7 Å². The van der Waals surface area contributed by atoms with Crippen molar-refractivity contribution in [3.8, 4) is 22.5 Å². The number of allylic oxidation sites excluding steroid dienone is 1. The standard InChI is InChI=1S/C22H26N4O/c1-2-11-26-15-20(14-24-26)22-21(19-8-4-3-5-9-19)23-17-25(22)12-6-7-18-10-13-27-16-18/h2-5,8-9,14-15,17-18H,1,6-7,10-13,16H2. The number of hydrogen-bond donors (Lipinski definition) is 0. The Morgan fingerprint density at radius 3 is 2.89 bits per heavy atom. The Bertz CT molecular complexity index is 875. The Balaban J connectivity index is 1.61. The minimum atomic E-state index is 0.705. The van der Waals surface area contributed by atoms with Crippen LogP contribution >= 0.6 is 0 Å². The van der Waals surface area contributed by atoms with Crippen molar-refractivity contribution in [2.45, 2.75) is 32.4 Å². The summed E-state index contributed by atoms with van der Waals surface area (Å²) in [4.78, 5) is 4.75. The average Bonchev–Trinajstić information content (AvgIpc) is 3.43. The maximum Gasteiger partial charge on any atom is 0.0964 e. The maximum absolute atomic E-state index is 5.50. The number of aromatic nitrogens is 4. The topological polar surface area (TPSA) is 44.9 Å². The molecule has 5 heteroatoms. The van der Waals surface area contributed by atoms with E-state index in [1.54, 1.807) is 0 Å². The van der Waals surface area contributed by atoms with Gasteiger partial charge in [0.25, 0.3) is 0 Å². The zero-order chi connectivity index (χ0) is 18.5. The number of rotatable bonds is 8. The molecule has 1 atom stereocenters. The molecule has 1 aliphatic heterocycles. The van der Waals surface area contributed by atoms with Gasteiger partial charge in [0.2, 0.25) is 0 Å². The number of imidazole rings is 1. The molecule has 1 unspecified atom stereocenters. The minimum Gasteiger partial charge on any atom is -0.381 e. The molecule has 0 N–H and O–H groups in total. The van der Waals surface area contributed by atoms with Crippen LogP contribution in [0.3, 0.4) is 0 Å². The Morgan fingerprint density at radius 1 is 1.22 bits per heavy atom. The van der Waals surface area contributed by atoms with Crippen LogP contribution < -0.4 is 0 Å². The number of aryl methyl sites for hydroxylation is 1. The van der Waals surface area contributed by atoms with Gasteiger partial charge in [-0.15, -0.1) is 6.58 Å². The smallest absolute Gasteiger partial charge is 0.0964 e. The Labute approximate surface area is 160 Å². The fourth-order valence-electron chi connectivity index (χ4n) is 3.74. The third-order valence-corrected chi connectivity index (χ3v) is 5.14. The summed E-state index contributed by atoms with van der Waals surface area (Å²) in [6, 6.07) is 10.4. The second-order valence-corrected chi connectivity index (χ2v) is 7.11. The Kier molecular flexibility index (Phi) is 5.49. The van der Waals surface area contributed by atoms with Gasteiger partial charge in [0.05, 0.1) is 30.5 Å². The molecule has 2 aromatic heterocycles. The number of benzene rings is 1. The van der Waals surface area contributed by atoms with Crippen molar-refractivity contribution < 1.29 is 4.74 Å². The van der Waals surface area contributed by atoms with Crippen molar-refractivity contribution in [3.63, 3.8) is 0 Å². The van der Waals surface area contributed by atoms with E-state index in [4.69, 9.17) is 9.72 Å². The van der Waals surface area contributed by atoms with Gasteiger partial charge in [-0.3, -0.25) is 4.68 Å². The van der Waals surface area contributed by atoms with E-state index in [0.29, 0.717) is 12.5 Å². The predicted octanol–water partition coefficient (Wildman–Crippen LogP) is 4.42. The van der Waals surface area contributed by atoms with E-state index in [1.807, 2.05) is 29.3 Å². The fourth-order valence-corrected chi connectivity index (χ4v) is 3.74. The Morgan fingerprint density at radius 2 is 2.11 bits per heavy atom. The zero-order valence-corrected chi connectivity index (χ0v) is 15.6. The van der Waals surface area contributed by atoms with Crippen LogP contribution in [0, 0.1) is 5.92 Å². The molecule has 3 heterocycles. The molecule has 1 aromatic carbocycles. The van der Waals surface area contributed by atoms with Crippen molar-refractivity contribution in [2.24, 2.45) is 5.92 Å². The van der Waals surface area contributed by atoms with Crippen molar-refractivity contribution in [2.75, 3.05) is 13.2 Å². The molecule has 0 radical (unpaired) electrons. The first-order valence-electron chi connectivity index (χ1n) is 9.67. The molecule has 4 rings (SSSR count). The number of nitrogens with zero attached hydrogens (tertiary/aromatic N) is 4. The van der Waals surface area contributed by atoms with Gasteiger partial charge in [-0.05, 0) is 25.2 Å². The van der Waals surface area contributed by atoms with E-state index in [1.165, 1.54) is 12.8 Å². The quantitative estimate of drug-likeness (QED) is 0.557. The lowest BCUT2D eigenvalue weighted by Crippen LogP contribution is -2.04. The molecule has 140 valence electrons. The summed E-state index contributed by atoms with van der Waals surface area (Å²) in [6.45, 7) is 7.30. The van der Waals surface area contributed by atoms with E-state index in [-0.39, 0.29) is 0 Å². The third kappa shape index (κ3) is 4.03. The monoisotopic (exact) mass is 362 g/mol. The molecule has 1 aliphatic rings. The highest BCUT2D eigenvalue weighted by molar-refractivity contribution is 5.78. The van der Waals surface area contributed by atoms with Crippen molar-refractivity contribution >= 4 is 0 Å². The number of hydrogen-bond acceptors (Lipinski definition) is 3. The highest BCUT2D eigenvalue weighted by atomic mass is 16.5. The van der Waals surface area contributed by atoms with Crippen LogP contribution in [-0.4, -0.2) is 32.5 Å². The first-order valence-corrected chi connectivity index (χ1v) is 9.67. The van der Waals surface area contributed by atoms with E-state index >= 15 is 0 Å².